The van der Waals surface area contributed by atoms with Gasteiger partial charge in [0.15, 0.2) is 0 Å². The molecule has 0 radical (unpaired) electrons. The predicted octanol–water partition coefficient (Wildman–Crippen LogP) is 1.12. The molecule has 2 aromatic heterocycles. The van der Waals surface area contributed by atoms with E-state index in [1.54, 1.807) is 29.5 Å². The Bertz CT molecular complexity index is 691. The highest BCUT2D eigenvalue weighted by Crippen LogP contribution is 2.36. The molecule has 4 heterocycles. The Morgan fingerprint density at radius 2 is 2.38 bits per heavy atom. The summed E-state index contributed by atoms with van der Waals surface area (Å²) in [5, 5.41) is 4.09. The molecule has 4 rings (SSSR count). The number of hydrogen-bond acceptors (Lipinski definition) is 5. The van der Waals surface area contributed by atoms with Crippen LogP contribution in [0, 0.1) is 0 Å². The minimum Gasteiger partial charge on any atom is -0.486 e. The molecule has 7 heteroatoms. The minimum absolute atomic E-state index is 0.00960. The summed E-state index contributed by atoms with van der Waals surface area (Å²) in [6.45, 7) is 2.18. The summed E-state index contributed by atoms with van der Waals surface area (Å²) in [5.74, 6) is 0.837. The number of amides is 1. The zero-order chi connectivity index (χ0) is 16.4. The number of nitrogens with zero attached hydrogens (tertiary/aromatic N) is 4. The highest BCUT2D eigenvalue weighted by atomic mass is 16.6. The second kappa shape index (κ2) is 6.24. The van der Waals surface area contributed by atoms with E-state index in [4.69, 9.17) is 9.47 Å². The zero-order valence-corrected chi connectivity index (χ0v) is 13.4. The van der Waals surface area contributed by atoms with Gasteiger partial charge in [0, 0.05) is 38.1 Å². The maximum absolute atomic E-state index is 12.4. The van der Waals surface area contributed by atoms with Gasteiger partial charge in [-0.3, -0.25) is 14.5 Å². The van der Waals surface area contributed by atoms with Gasteiger partial charge >= 0.3 is 0 Å². The van der Waals surface area contributed by atoms with Crippen LogP contribution in [0.3, 0.4) is 0 Å². The van der Waals surface area contributed by atoms with Crippen molar-refractivity contribution >= 4 is 5.91 Å². The number of rotatable bonds is 4. The molecule has 2 atom stereocenters. The first-order valence-corrected chi connectivity index (χ1v) is 8.18. The number of hydrogen-bond donors (Lipinski definition) is 0. The van der Waals surface area contributed by atoms with Crippen LogP contribution in [0.25, 0.3) is 0 Å². The van der Waals surface area contributed by atoms with Crippen LogP contribution in [0.1, 0.15) is 12.8 Å². The van der Waals surface area contributed by atoms with Crippen molar-refractivity contribution in [2.45, 2.75) is 31.1 Å². The topological polar surface area (TPSA) is 69.5 Å². The zero-order valence-electron chi connectivity index (χ0n) is 13.4. The van der Waals surface area contributed by atoms with E-state index in [9.17, 15) is 4.79 Å². The van der Waals surface area contributed by atoms with Crippen LogP contribution < -0.4 is 4.74 Å². The number of carbonyl (C=O) groups is 1. The van der Waals surface area contributed by atoms with Crippen molar-refractivity contribution in [2.24, 2.45) is 0 Å². The average Bonchev–Trinajstić information content (AvgIpc) is 3.32. The van der Waals surface area contributed by atoms with Crippen LogP contribution in [0.4, 0.5) is 0 Å². The maximum Gasteiger partial charge on any atom is 0.244 e. The standard InChI is InChI=1S/C17H20N4O3/c22-16(11-21-7-2-6-19-21)20-8-4-17(13-20)9-15(12-23-17)24-14-3-1-5-18-10-14/h1-3,5-7,10,15H,4,8-9,11-13H2. The van der Waals surface area contributed by atoms with Crippen molar-refractivity contribution in [1.29, 1.82) is 0 Å². The van der Waals surface area contributed by atoms with Crippen molar-refractivity contribution in [3.05, 3.63) is 43.0 Å². The van der Waals surface area contributed by atoms with E-state index in [-0.39, 0.29) is 24.2 Å². The van der Waals surface area contributed by atoms with Gasteiger partial charge in [0.2, 0.25) is 5.91 Å². The Hall–Kier alpha value is -2.41. The first kappa shape index (κ1) is 15.1. The second-order valence-electron chi connectivity index (χ2n) is 6.40. The molecule has 24 heavy (non-hydrogen) atoms. The Morgan fingerprint density at radius 1 is 1.42 bits per heavy atom. The van der Waals surface area contributed by atoms with Crippen LogP contribution in [-0.4, -0.2) is 57.0 Å². The van der Waals surface area contributed by atoms with Crippen molar-refractivity contribution in [2.75, 3.05) is 19.7 Å². The molecule has 7 nitrogen and oxygen atoms in total. The Kier molecular flexibility index (Phi) is 3.93. The lowest BCUT2D eigenvalue weighted by Gasteiger charge is -2.23. The van der Waals surface area contributed by atoms with Crippen LogP contribution in [0.5, 0.6) is 5.75 Å². The lowest BCUT2D eigenvalue weighted by molar-refractivity contribution is -0.132. The Labute approximate surface area is 140 Å². The van der Waals surface area contributed by atoms with Gasteiger partial charge in [0.25, 0.3) is 0 Å². The summed E-state index contributed by atoms with van der Waals surface area (Å²) in [7, 11) is 0. The molecule has 0 N–H and O–H groups in total. The molecule has 2 fully saturated rings. The van der Waals surface area contributed by atoms with Gasteiger partial charge in [-0.25, -0.2) is 0 Å². The fourth-order valence-electron chi connectivity index (χ4n) is 3.46. The smallest absolute Gasteiger partial charge is 0.244 e. The summed E-state index contributed by atoms with van der Waals surface area (Å²) in [4.78, 5) is 18.3. The van der Waals surface area contributed by atoms with E-state index < -0.39 is 0 Å². The molecule has 0 aliphatic carbocycles. The molecule has 0 bridgehead atoms. The average molecular weight is 328 g/mol. The molecule has 1 spiro atoms. The molecular weight excluding hydrogens is 308 g/mol. The fourth-order valence-corrected chi connectivity index (χ4v) is 3.46. The maximum atomic E-state index is 12.4. The van der Waals surface area contributed by atoms with E-state index in [2.05, 4.69) is 10.1 Å². The van der Waals surface area contributed by atoms with Crippen molar-refractivity contribution in [3.63, 3.8) is 0 Å². The first-order valence-electron chi connectivity index (χ1n) is 8.18. The van der Waals surface area contributed by atoms with Gasteiger partial charge in [0.1, 0.15) is 18.4 Å². The van der Waals surface area contributed by atoms with Gasteiger partial charge in [-0.1, -0.05) is 0 Å². The molecule has 2 saturated heterocycles. The van der Waals surface area contributed by atoms with Crippen LogP contribution >= 0.6 is 0 Å². The summed E-state index contributed by atoms with van der Waals surface area (Å²) in [6.07, 6.45) is 8.57. The minimum atomic E-state index is -0.271. The lowest BCUT2D eigenvalue weighted by Crippen LogP contribution is -2.37. The van der Waals surface area contributed by atoms with Gasteiger partial charge in [0.05, 0.1) is 18.4 Å². The number of carbonyl (C=O) groups excluding carboxylic acids is 1. The molecule has 2 aliphatic rings. The molecule has 2 aliphatic heterocycles. The molecule has 2 unspecified atom stereocenters. The highest BCUT2D eigenvalue weighted by Gasteiger charge is 2.47. The van der Waals surface area contributed by atoms with E-state index in [1.165, 1.54) is 0 Å². The normalized spacial score (nSPS) is 26.2. The monoisotopic (exact) mass is 328 g/mol. The largest absolute Gasteiger partial charge is 0.486 e. The molecular formula is C17H20N4O3. The van der Waals surface area contributed by atoms with Crippen molar-refractivity contribution in [1.82, 2.24) is 19.7 Å². The summed E-state index contributed by atoms with van der Waals surface area (Å²) in [6, 6.07) is 5.57. The summed E-state index contributed by atoms with van der Waals surface area (Å²) >= 11 is 0. The SMILES string of the molecule is O=C(Cn1cccn1)N1CCC2(CC(Oc3cccnc3)CO2)C1. The third kappa shape index (κ3) is 3.12. The number of likely N-dealkylation sites (tertiary alicyclic amines) is 1. The molecule has 0 saturated carbocycles. The van der Waals surface area contributed by atoms with E-state index in [0.717, 1.165) is 25.1 Å². The van der Waals surface area contributed by atoms with Crippen LogP contribution in [0.15, 0.2) is 43.0 Å². The summed E-state index contributed by atoms with van der Waals surface area (Å²) in [5.41, 5.74) is -0.271. The fraction of sp³-hybridized carbons (Fsp3) is 0.471. The molecule has 0 aromatic carbocycles. The van der Waals surface area contributed by atoms with Crippen LogP contribution in [-0.2, 0) is 16.1 Å². The van der Waals surface area contributed by atoms with Gasteiger partial charge in [-0.15, -0.1) is 0 Å². The predicted molar refractivity (Wildman–Crippen MR) is 85.4 cm³/mol. The van der Waals surface area contributed by atoms with Crippen molar-refractivity contribution in [3.8, 4) is 5.75 Å². The van der Waals surface area contributed by atoms with Crippen molar-refractivity contribution < 1.29 is 14.3 Å². The highest BCUT2D eigenvalue weighted by molar-refractivity contribution is 5.76. The Balaban J connectivity index is 1.33. The van der Waals surface area contributed by atoms with E-state index in [0.29, 0.717) is 13.2 Å². The van der Waals surface area contributed by atoms with Gasteiger partial charge in [-0.05, 0) is 24.6 Å². The van der Waals surface area contributed by atoms with E-state index in [1.807, 2.05) is 23.1 Å². The third-order valence-corrected chi connectivity index (χ3v) is 4.64. The quantitative estimate of drug-likeness (QED) is 0.841. The number of pyridine rings is 1. The summed E-state index contributed by atoms with van der Waals surface area (Å²) < 4.78 is 13.6. The Morgan fingerprint density at radius 3 is 3.17 bits per heavy atom. The second-order valence-corrected chi connectivity index (χ2v) is 6.40. The van der Waals surface area contributed by atoms with Gasteiger partial charge < -0.3 is 14.4 Å². The number of ether oxygens (including phenoxy) is 2. The molecule has 2 aromatic rings. The molecule has 1 amide bonds. The number of aromatic nitrogens is 3. The van der Waals surface area contributed by atoms with E-state index >= 15 is 0 Å². The van der Waals surface area contributed by atoms with Crippen LogP contribution in [0.2, 0.25) is 0 Å². The molecule has 126 valence electrons. The third-order valence-electron chi connectivity index (χ3n) is 4.64. The lowest BCUT2D eigenvalue weighted by atomic mass is 9.98. The van der Waals surface area contributed by atoms with Gasteiger partial charge in [-0.2, -0.15) is 5.10 Å². The first-order chi connectivity index (χ1) is 11.7.